The Kier molecular flexibility index (Phi) is 10.8. The van der Waals surface area contributed by atoms with Gasteiger partial charge >= 0.3 is 6.09 Å². The first-order chi connectivity index (χ1) is 22.8. The Bertz CT molecular complexity index is 1880. The minimum absolute atomic E-state index is 0.0629. The first-order valence-electron chi connectivity index (χ1n) is 15.2. The van der Waals surface area contributed by atoms with Gasteiger partial charge in [0.2, 0.25) is 5.56 Å². The molecular weight excluding hydrogens is 600 g/mol. The van der Waals surface area contributed by atoms with Gasteiger partial charge in [0.25, 0.3) is 5.91 Å². The van der Waals surface area contributed by atoms with E-state index in [-0.39, 0.29) is 42.4 Å². The van der Waals surface area contributed by atoms with Gasteiger partial charge in [0, 0.05) is 36.2 Å². The summed E-state index contributed by atoms with van der Waals surface area (Å²) in [5, 5.41) is 37.1. The van der Waals surface area contributed by atoms with Crippen molar-refractivity contribution in [3.63, 3.8) is 0 Å². The molecule has 1 atom stereocenters. The molecule has 0 unspecified atom stereocenters. The molecule has 0 saturated carbocycles. The van der Waals surface area contributed by atoms with E-state index in [1.165, 1.54) is 17.0 Å². The number of rotatable bonds is 14. The maximum Gasteiger partial charge on any atom is 0.412 e. The van der Waals surface area contributed by atoms with Crippen molar-refractivity contribution in [3.8, 4) is 11.5 Å². The van der Waals surface area contributed by atoms with Gasteiger partial charge in [0.1, 0.15) is 18.1 Å². The average Bonchev–Trinajstić information content (AvgIpc) is 3.08. The predicted molar refractivity (Wildman–Crippen MR) is 179 cm³/mol. The maximum absolute atomic E-state index is 12.6. The summed E-state index contributed by atoms with van der Waals surface area (Å²) in [4.78, 5) is 40.0. The molecule has 6 N–H and O–H groups in total. The molecule has 5 aromatic rings. The number of carbonyl (C=O) groups excluding carboxylic acids is 1. The lowest BCUT2D eigenvalue weighted by Gasteiger charge is -2.20. The van der Waals surface area contributed by atoms with E-state index in [1.807, 2.05) is 42.5 Å². The molecule has 0 aliphatic rings. The van der Waals surface area contributed by atoms with E-state index in [9.17, 15) is 29.7 Å². The van der Waals surface area contributed by atoms with Crippen LogP contribution in [0.4, 0.5) is 10.5 Å². The van der Waals surface area contributed by atoms with E-state index in [0.717, 1.165) is 11.1 Å². The Morgan fingerprint density at radius 1 is 0.872 bits per heavy atom. The third kappa shape index (κ3) is 8.75. The molecular formula is C36H36N4O7. The molecule has 0 spiro atoms. The van der Waals surface area contributed by atoms with Gasteiger partial charge in [-0.15, -0.1) is 0 Å². The molecule has 0 aliphatic carbocycles. The number of hydrogen-bond donors (Lipinski definition) is 6. The second-order valence-corrected chi connectivity index (χ2v) is 11.0. The Morgan fingerprint density at radius 3 is 2.43 bits per heavy atom. The number of hydrogen-bond acceptors (Lipinski definition) is 7. The van der Waals surface area contributed by atoms with Crippen molar-refractivity contribution >= 4 is 28.6 Å². The van der Waals surface area contributed by atoms with Crippen LogP contribution < -0.4 is 25.8 Å². The van der Waals surface area contributed by atoms with Crippen LogP contribution >= 0.6 is 0 Å². The van der Waals surface area contributed by atoms with Crippen molar-refractivity contribution in [2.75, 3.05) is 24.5 Å². The van der Waals surface area contributed by atoms with Crippen LogP contribution in [0.5, 0.6) is 11.5 Å². The number of pyridine rings is 1. The van der Waals surface area contributed by atoms with Crippen LogP contribution in [0.15, 0.2) is 108 Å². The third-order valence-corrected chi connectivity index (χ3v) is 7.58. The molecule has 11 nitrogen and oxygen atoms in total. The molecule has 242 valence electrons. The van der Waals surface area contributed by atoms with Gasteiger partial charge in [0.15, 0.2) is 0 Å². The number of phenols is 1. The number of carboxylic acid groups (broad SMARTS) is 1. The number of carbonyl (C=O) groups is 2. The Labute approximate surface area is 271 Å². The number of benzene rings is 4. The van der Waals surface area contributed by atoms with Crippen molar-refractivity contribution < 1.29 is 29.6 Å². The van der Waals surface area contributed by atoms with Crippen molar-refractivity contribution in [1.82, 2.24) is 15.6 Å². The van der Waals surface area contributed by atoms with E-state index in [2.05, 4.69) is 15.6 Å². The average molecular weight is 637 g/mol. The minimum atomic E-state index is -1.06. The Balaban J connectivity index is 1.04. The largest absolute Gasteiger partial charge is 0.506 e. The van der Waals surface area contributed by atoms with Gasteiger partial charge in [-0.3, -0.25) is 14.5 Å². The predicted octanol–water partition coefficient (Wildman–Crippen LogP) is 4.94. The van der Waals surface area contributed by atoms with Crippen molar-refractivity contribution in [2.24, 2.45) is 0 Å². The van der Waals surface area contributed by atoms with Crippen molar-refractivity contribution in [2.45, 2.75) is 25.7 Å². The van der Waals surface area contributed by atoms with Crippen molar-refractivity contribution in [3.05, 3.63) is 136 Å². The number of nitrogens with one attached hydrogen (secondary N) is 3. The summed E-state index contributed by atoms with van der Waals surface area (Å²) in [6.45, 7) is 1.70. The summed E-state index contributed by atoms with van der Waals surface area (Å²) in [5.41, 5.74) is 3.26. The SMILES string of the molecule is O=C(NCCCNC[C@@H](O)c1ccc(O)c2[nH]c(=O)ccc12)c1ccc(COc2cccc(N(Cc3ccccc3)C(=O)O)c2)cc1. The van der Waals surface area contributed by atoms with Gasteiger partial charge in [0.05, 0.1) is 23.9 Å². The molecule has 5 rings (SSSR count). The number of aromatic amines is 1. The highest BCUT2D eigenvalue weighted by atomic mass is 16.5. The van der Waals surface area contributed by atoms with Crippen LogP contribution in [0.2, 0.25) is 0 Å². The highest BCUT2D eigenvalue weighted by molar-refractivity contribution is 5.94. The molecule has 4 aromatic carbocycles. The number of anilines is 1. The first kappa shape index (κ1) is 32.7. The van der Waals surface area contributed by atoms with E-state index < -0.39 is 12.2 Å². The zero-order valence-corrected chi connectivity index (χ0v) is 25.6. The number of amides is 2. The van der Waals surface area contributed by atoms with E-state index in [0.29, 0.717) is 47.5 Å². The molecule has 0 radical (unpaired) electrons. The number of ether oxygens (including phenoxy) is 1. The molecule has 1 aromatic heterocycles. The topological polar surface area (TPSA) is 164 Å². The van der Waals surface area contributed by atoms with Crippen LogP contribution in [0, 0.1) is 0 Å². The number of H-pyrrole nitrogens is 1. The van der Waals surface area contributed by atoms with Crippen molar-refractivity contribution in [1.29, 1.82) is 0 Å². The summed E-state index contributed by atoms with van der Waals surface area (Å²) < 4.78 is 5.92. The molecule has 0 fully saturated rings. The number of fused-ring (bicyclic) bond motifs is 1. The lowest BCUT2D eigenvalue weighted by Crippen LogP contribution is -2.29. The quantitative estimate of drug-likeness (QED) is 0.0934. The minimum Gasteiger partial charge on any atom is -0.506 e. The third-order valence-electron chi connectivity index (χ3n) is 7.58. The standard InChI is InChI=1S/C36H36N4O7/c41-31-16-14-29(30-15-17-33(43)39-34(30)31)32(42)21-37-18-5-19-38-35(44)26-12-10-25(11-13-26)23-47-28-9-4-8-27(20-28)40(36(45)46)22-24-6-2-1-3-7-24/h1-4,6-17,20,32,37,41-42H,5,18-19,21-23H2,(H,38,44)(H,39,43)(H,45,46)/t32-/m1/s1. The van der Waals surface area contributed by atoms with Crippen LogP contribution in [-0.4, -0.2) is 51.9 Å². The first-order valence-corrected chi connectivity index (χ1v) is 15.2. The lowest BCUT2D eigenvalue weighted by molar-refractivity contribution is 0.0952. The van der Waals surface area contributed by atoms with Gasteiger partial charge in [-0.05, 0) is 66.1 Å². The van der Waals surface area contributed by atoms with E-state index >= 15 is 0 Å². The monoisotopic (exact) mass is 636 g/mol. The number of aliphatic hydroxyl groups is 1. The second kappa shape index (κ2) is 15.6. The van der Waals surface area contributed by atoms with Crippen LogP contribution in [0.25, 0.3) is 10.9 Å². The van der Waals surface area contributed by atoms with Gasteiger partial charge < -0.3 is 35.7 Å². The Morgan fingerprint density at radius 2 is 1.66 bits per heavy atom. The number of nitrogens with zero attached hydrogens (tertiary/aromatic N) is 1. The summed E-state index contributed by atoms with van der Waals surface area (Å²) in [7, 11) is 0. The fourth-order valence-electron chi connectivity index (χ4n) is 5.11. The lowest BCUT2D eigenvalue weighted by atomic mass is 10.0. The highest BCUT2D eigenvalue weighted by Gasteiger charge is 2.16. The zero-order chi connectivity index (χ0) is 33.2. The summed E-state index contributed by atoms with van der Waals surface area (Å²) >= 11 is 0. The smallest absolute Gasteiger partial charge is 0.412 e. The molecule has 0 aliphatic heterocycles. The fourth-order valence-corrected chi connectivity index (χ4v) is 5.11. The zero-order valence-electron chi connectivity index (χ0n) is 25.6. The van der Waals surface area contributed by atoms with Gasteiger partial charge in [-0.2, -0.15) is 0 Å². The Hall–Kier alpha value is -5.65. The molecule has 11 heteroatoms. The molecule has 1 heterocycles. The van der Waals surface area contributed by atoms with Crippen LogP contribution in [0.1, 0.15) is 39.6 Å². The summed E-state index contributed by atoms with van der Waals surface area (Å²) in [6.07, 6.45) is -1.28. The van der Waals surface area contributed by atoms with E-state index in [4.69, 9.17) is 4.74 Å². The highest BCUT2D eigenvalue weighted by Crippen LogP contribution is 2.28. The number of phenolic OH excluding ortho intramolecular Hbond substituents is 1. The fraction of sp³-hybridized carbons (Fsp3) is 0.194. The number of aromatic nitrogens is 1. The summed E-state index contributed by atoms with van der Waals surface area (Å²) in [6, 6.07) is 29.3. The number of aromatic hydroxyl groups is 1. The maximum atomic E-state index is 12.6. The van der Waals surface area contributed by atoms with Crippen LogP contribution in [0.3, 0.4) is 0 Å². The van der Waals surface area contributed by atoms with Gasteiger partial charge in [-0.25, -0.2) is 4.79 Å². The van der Waals surface area contributed by atoms with E-state index in [1.54, 1.807) is 48.5 Å². The summed E-state index contributed by atoms with van der Waals surface area (Å²) in [5.74, 6) is 0.256. The molecule has 0 bridgehead atoms. The number of aliphatic hydroxyl groups excluding tert-OH is 1. The second-order valence-electron chi connectivity index (χ2n) is 11.0. The normalized spacial score (nSPS) is 11.6. The molecule has 47 heavy (non-hydrogen) atoms. The van der Waals surface area contributed by atoms with Crippen LogP contribution in [-0.2, 0) is 13.2 Å². The van der Waals surface area contributed by atoms with Gasteiger partial charge in [-0.1, -0.05) is 54.6 Å². The molecule has 2 amide bonds. The molecule has 0 saturated heterocycles.